The number of benzene rings is 2. The van der Waals surface area contributed by atoms with Crippen molar-refractivity contribution < 1.29 is 22.7 Å². The maximum atomic E-state index is 13.5. The van der Waals surface area contributed by atoms with Crippen molar-refractivity contribution in [3.05, 3.63) is 65.1 Å². The lowest BCUT2D eigenvalue weighted by Gasteiger charge is -2.31. The van der Waals surface area contributed by atoms with Crippen LogP contribution in [0.1, 0.15) is 25.8 Å². The Kier molecular flexibility index (Phi) is 9.94. The van der Waals surface area contributed by atoms with Crippen molar-refractivity contribution in [2.45, 2.75) is 49.8 Å². The van der Waals surface area contributed by atoms with Crippen LogP contribution in [0.4, 0.5) is 10.5 Å². The minimum Gasteiger partial charge on any atom is -0.444 e. The average Bonchev–Trinajstić information content (AvgIpc) is 3.36. The summed E-state index contributed by atoms with van der Waals surface area (Å²) in [5, 5.41) is 5.67. The predicted molar refractivity (Wildman–Crippen MR) is 136 cm³/mol. The fraction of sp³-hybridized carbons (Fsp3) is 0.480. The molecular formula is C25H34N4O6S. The zero-order valence-electron chi connectivity index (χ0n) is 20.6. The van der Waals surface area contributed by atoms with Gasteiger partial charge >= 0.3 is 6.09 Å². The first-order valence-electron chi connectivity index (χ1n) is 12.0. The Morgan fingerprint density at radius 3 is 2.44 bits per heavy atom. The molecule has 0 radical (unpaired) electrons. The molecule has 0 saturated carbocycles. The number of hydrogen-bond donors (Lipinski definition) is 2. The Labute approximate surface area is 212 Å². The SMILES string of the molecule is CC(C)CN(CC(N)[C@H](Cc1ccccc1)NC(=O)O[C@H]1CCOC1)S(=O)(=O)c1ccc(N=O)cc1. The van der Waals surface area contributed by atoms with E-state index >= 15 is 0 Å². The molecule has 11 heteroatoms. The quantitative estimate of drug-likeness (QED) is 0.411. The van der Waals surface area contributed by atoms with Gasteiger partial charge in [-0.3, -0.25) is 0 Å². The molecule has 10 nitrogen and oxygen atoms in total. The smallest absolute Gasteiger partial charge is 0.407 e. The Bertz CT molecular complexity index is 1090. The summed E-state index contributed by atoms with van der Waals surface area (Å²) in [5.41, 5.74) is 7.64. The van der Waals surface area contributed by atoms with E-state index in [1.807, 2.05) is 44.2 Å². The van der Waals surface area contributed by atoms with Gasteiger partial charge in [-0.2, -0.15) is 4.31 Å². The van der Waals surface area contributed by atoms with E-state index in [9.17, 15) is 18.1 Å². The van der Waals surface area contributed by atoms with Gasteiger partial charge in [-0.15, -0.1) is 4.91 Å². The number of nitrogens with one attached hydrogen (secondary N) is 1. The molecule has 0 spiro atoms. The van der Waals surface area contributed by atoms with Crippen LogP contribution in [0.15, 0.2) is 64.7 Å². The van der Waals surface area contributed by atoms with Crippen LogP contribution in [-0.2, 0) is 25.9 Å². The molecule has 1 aliphatic rings. The number of alkyl carbamates (subject to hydrolysis) is 1. The second-order valence-corrected chi connectivity index (χ2v) is 11.2. The third-order valence-electron chi connectivity index (χ3n) is 5.84. The topological polar surface area (TPSA) is 140 Å². The van der Waals surface area contributed by atoms with Crippen molar-refractivity contribution in [2.24, 2.45) is 16.8 Å². The van der Waals surface area contributed by atoms with Crippen molar-refractivity contribution in [3.63, 3.8) is 0 Å². The Hall–Kier alpha value is -2.86. The number of rotatable bonds is 12. The second-order valence-electron chi connectivity index (χ2n) is 9.30. The molecule has 0 aliphatic carbocycles. The van der Waals surface area contributed by atoms with Gasteiger partial charge in [0.15, 0.2) is 0 Å². The lowest BCUT2D eigenvalue weighted by molar-refractivity contribution is 0.0797. The van der Waals surface area contributed by atoms with E-state index in [0.29, 0.717) is 26.1 Å². The molecule has 2 aromatic carbocycles. The van der Waals surface area contributed by atoms with Crippen LogP contribution in [0, 0.1) is 10.8 Å². The summed E-state index contributed by atoms with van der Waals surface area (Å²) in [4.78, 5) is 23.4. The zero-order valence-corrected chi connectivity index (χ0v) is 21.4. The normalized spacial score (nSPS) is 17.6. The van der Waals surface area contributed by atoms with Crippen LogP contribution in [0.2, 0.25) is 0 Å². The highest BCUT2D eigenvalue weighted by Gasteiger charge is 2.31. The van der Waals surface area contributed by atoms with E-state index in [0.717, 1.165) is 5.56 Å². The number of carbonyl (C=O) groups excluding carboxylic acids is 1. The first-order valence-corrected chi connectivity index (χ1v) is 13.4. The van der Waals surface area contributed by atoms with Gasteiger partial charge in [-0.1, -0.05) is 44.2 Å². The minimum absolute atomic E-state index is 0.0238. The van der Waals surface area contributed by atoms with Crippen LogP contribution in [0.25, 0.3) is 0 Å². The number of nitrogens with zero attached hydrogens (tertiary/aromatic N) is 2. The van der Waals surface area contributed by atoms with Crippen molar-refractivity contribution in [1.29, 1.82) is 0 Å². The molecule has 1 unspecified atom stereocenters. The maximum absolute atomic E-state index is 13.5. The number of carbonyl (C=O) groups is 1. The second kappa shape index (κ2) is 12.9. The fourth-order valence-electron chi connectivity index (χ4n) is 3.99. The Morgan fingerprint density at radius 2 is 1.86 bits per heavy atom. The summed E-state index contributed by atoms with van der Waals surface area (Å²) in [7, 11) is -3.92. The van der Waals surface area contributed by atoms with E-state index in [1.165, 1.54) is 28.6 Å². The molecule has 36 heavy (non-hydrogen) atoms. The molecule has 2 aromatic rings. The van der Waals surface area contributed by atoms with Gasteiger partial charge in [0.2, 0.25) is 10.0 Å². The Morgan fingerprint density at radius 1 is 1.17 bits per heavy atom. The third-order valence-corrected chi connectivity index (χ3v) is 7.69. The highest BCUT2D eigenvalue weighted by molar-refractivity contribution is 7.89. The number of nitrogens with two attached hydrogens (primary N) is 1. The monoisotopic (exact) mass is 518 g/mol. The predicted octanol–water partition coefficient (Wildman–Crippen LogP) is 3.18. The highest BCUT2D eigenvalue weighted by atomic mass is 32.2. The molecule has 0 bridgehead atoms. The molecule has 3 N–H and O–H groups in total. The van der Waals surface area contributed by atoms with Gasteiger partial charge in [-0.25, -0.2) is 13.2 Å². The lowest BCUT2D eigenvalue weighted by Crippen LogP contribution is -2.55. The van der Waals surface area contributed by atoms with Gasteiger partial charge in [-0.05, 0) is 47.3 Å². The zero-order chi connectivity index (χ0) is 26.1. The maximum Gasteiger partial charge on any atom is 0.407 e. The van der Waals surface area contributed by atoms with Gasteiger partial charge in [0.05, 0.1) is 24.2 Å². The largest absolute Gasteiger partial charge is 0.444 e. The van der Waals surface area contributed by atoms with E-state index in [4.69, 9.17) is 15.2 Å². The van der Waals surface area contributed by atoms with Crippen LogP contribution in [0.5, 0.6) is 0 Å². The van der Waals surface area contributed by atoms with Crippen molar-refractivity contribution in [1.82, 2.24) is 9.62 Å². The molecule has 1 aliphatic heterocycles. The van der Waals surface area contributed by atoms with Crippen LogP contribution in [0.3, 0.4) is 0 Å². The summed E-state index contributed by atoms with van der Waals surface area (Å²) in [6.07, 6.45) is 0.0900. The van der Waals surface area contributed by atoms with Crippen LogP contribution in [-0.4, -0.2) is 63.3 Å². The molecule has 1 fully saturated rings. The van der Waals surface area contributed by atoms with Gasteiger partial charge in [0.1, 0.15) is 11.8 Å². The standard InChI is InChI=1S/C25H34N4O6S/c1-18(2)15-29(36(32,33)22-10-8-20(28-31)9-11-22)16-23(26)24(14-19-6-4-3-5-7-19)27-25(30)35-21-12-13-34-17-21/h3-11,18,21,23-24H,12-17,26H2,1-2H3,(H,27,30)/t21-,23?,24-/m0/s1. The Balaban J connectivity index is 1.80. The molecule has 3 rings (SSSR count). The van der Waals surface area contributed by atoms with Crippen molar-refractivity contribution in [3.8, 4) is 0 Å². The number of nitroso groups, excluding NO2 is 1. The summed E-state index contributed by atoms with van der Waals surface area (Å²) < 4.78 is 39.0. The van der Waals surface area contributed by atoms with Gasteiger partial charge in [0.25, 0.3) is 0 Å². The van der Waals surface area contributed by atoms with Crippen molar-refractivity contribution in [2.75, 3.05) is 26.3 Å². The number of amides is 1. The molecule has 0 aromatic heterocycles. The van der Waals surface area contributed by atoms with E-state index in [2.05, 4.69) is 10.5 Å². The first kappa shape index (κ1) is 27.7. The molecular weight excluding hydrogens is 484 g/mol. The number of sulfonamides is 1. The van der Waals surface area contributed by atoms with Gasteiger partial charge in [0, 0.05) is 25.6 Å². The van der Waals surface area contributed by atoms with Crippen LogP contribution < -0.4 is 11.1 Å². The summed E-state index contributed by atoms with van der Waals surface area (Å²) in [5.74, 6) is 0.0238. The molecule has 3 atom stereocenters. The minimum atomic E-state index is -3.92. The number of hydrogen-bond acceptors (Lipinski definition) is 8. The number of ether oxygens (including phenoxy) is 2. The fourth-order valence-corrected chi connectivity index (χ4v) is 5.63. The summed E-state index contributed by atoms with van der Waals surface area (Å²) in [6, 6.07) is 13.6. The molecule has 1 saturated heterocycles. The van der Waals surface area contributed by atoms with Gasteiger partial charge < -0.3 is 20.5 Å². The van der Waals surface area contributed by atoms with E-state index in [-0.39, 0.29) is 35.7 Å². The summed E-state index contributed by atoms with van der Waals surface area (Å²) in [6.45, 7) is 4.91. The van der Waals surface area contributed by atoms with E-state index in [1.54, 1.807) is 0 Å². The first-order chi connectivity index (χ1) is 17.2. The van der Waals surface area contributed by atoms with Crippen molar-refractivity contribution >= 4 is 21.8 Å². The van der Waals surface area contributed by atoms with E-state index < -0.39 is 28.2 Å². The third kappa shape index (κ3) is 7.82. The molecule has 1 heterocycles. The van der Waals surface area contributed by atoms with Crippen LogP contribution >= 0.6 is 0 Å². The highest BCUT2D eigenvalue weighted by Crippen LogP contribution is 2.22. The summed E-state index contributed by atoms with van der Waals surface area (Å²) >= 11 is 0. The molecule has 1 amide bonds. The average molecular weight is 519 g/mol. The lowest BCUT2D eigenvalue weighted by atomic mass is 9.99. The molecule has 196 valence electrons.